The number of rotatable bonds is 10. The van der Waals surface area contributed by atoms with Gasteiger partial charge in [-0.1, -0.05) is 24.3 Å². The van der Waals surface area contributed by atoms with Gasteiger partial charge in [-0.15, -0.1) is 0 Å². The van der Waals surface area contributed by atoms with Gasteiger partial charge in [0.2, 0.25) is 0 Å². The van der Waals surface area contributed by atoms with Gasteiger partial charge >= 0.3 is 0 Å². The summed E-state index contributed by atoms with van der Waals surface area (Å²) in [4.78, 5) is 26.2. The van der Waals surface area contributed by atoms with Crippen molar-refractivity contribution >= 4 is 23.2 Å². The molecule has 0 aliphatic carbocycles. The Bertz CT molecular complexity index is 942. The molecular formula is C23H25N3O4. The van der Waals surface area contributed by atoms with Gasteiger partial charge in [-0.25, -0.2) is 0 Å². The maximum atomic E-state index is 12.0. The molecule has 0 saturated carbocycles. The second kappa shape index (κ2) is 10.7. The smallest absolute Gasteiger partial charge is 0.291 e. The lowest BCUT2D eigenvalue weighted by atomic mass is 10.3. The lowest BCUT2D eigenvalue weighted by Gasteiger charge is -2.19. The van der Waals surface area contributed by atoms with Gasteiger partial charge in [0.25, 0.3) is 11.8 Å². The van der Waals surface area contributed by atoms with Crippen LogP contribution in [0.15, 0.2) is 77.4 Å². The highest BCUT2D eigenvalue weighted by atomic mass is 16.5. The van der Waals surface area contributed by atoms with Crippen LogP contribution in [0.3, 0.4) is 0 Å². The van der Waals surface area contributed by atoms with Gasteiger partial charge in [-0.05, 0) is 42.8 Å². The highest BCUT2D eigenvalue weighted by Gasteiger charge is 2.09. The third kappa shape index (κ3) is 6.41. The topological polar surface area (TPSA) is 83.8 Å². The van der Waals surface area contributed by atoms with Crippen molar-refractivity contribution in [2.45, 2.75) is 6.42 Å². The summed E-state index contributed by atoms with van der Waals surface area (Å²) in [5.41, 5.74) is 1.70. The summed E-state index contributed by atoms with van der Waals surface area (Å²) in [7, 11) is 2.03. The number of hydrogen-bond acceptors (Lipinski definition) is 5. The predicted octanol–water partition coefficient (Wildman–Crippen LogP) is 3.55. The van der Waals surface area contributed by atoms with E-state index in [-0.39, 0.29) is 24.2 Å². The van der Waals surface area contributed by atoms with Gasteiger partial charge in [0, 0.05) is 37.6 Å². The highest BCUT2D eigenvalue weighted by Crippen LogP contribution is 2.18. The Balaban J connectivity index is 1.37. The van der Waals surface area contributed by atoms with Crippen molar-refractivity contribution in [3.8, 4) is 5.75 Å². The Morgan fingerprint density at radius 1 is 1.03 bits per heavy atom. The zero-order valence-electron chi connectivity index (χ0n) is 16.8. The fourth-order valence-electron chi connectivity index (χ4n) is 2.82. The minimum absolute atomic E-state index is 0.0931. The standard InChI is InChI=1S/C23H25N3O4/c1-26(19-9-3-2-4-10-19)14-7-13-24-22(27)17-30-20-11-5-8-18(16-20)25-23(28)21-12-6-15-29-21/h2-6,8-12,15-16H,7,13-14,17H2,1H3,(H,24,27)(H,25,28). The van der Waals surface area contributed by atoms with Gasteiger partial charge in [-0.2, -0.15) is 0 Å². The Hall–Kier alpha value is -3.74. The number of ether oxygens (including phenoxy) is 1. The van der Waals surface area contributed by atoms with E-state index in [1.54, 1.807) is 36.4 Å². The van der Waals surface area contributed by atoms with Gasteiger partial charge in [-0.3, -0.25) is 9.59 Å². The van der Waals surface area contributed by atoms with Crippen molar-refractivity contribution in [2.24, 2.45) is 0 Å². The number of carbonyl (C=O) groups is 2. The zero-order chi connectivity index (χ0) is 21.2. The summed E-state index contributed by atoms with van der Waals surface area (Å²) in [5.74, 6) is 0.169. The molecule has 1 aromatic heterocycles. The third-order valence-corrected chi connectivity index (χ3v) is 4.40. The lowest BCUT2D eigenvalue weighted by molar-refractivity contribution is -0.123. The van der Waals surface area contributed by atoms with Gasteiger partial charge in [0.1, 0.15) is 5.75 Å². The maximum Gasteiger partial charge on any atom is 0.291 e. The van der Waals surface area contributed by atoms with Crippen molar-refractivity contribution in [3.05, 3.63) is 78.8 Å². The van der Waals surface area contributed by atoms with Crippen LogP contribution >= 0.6 is 0 Å². The summed E-state index contributed by atoms with van der Waals surface area (Å²) in [6.07, 6.45) is 2.26. The molecule has 0 spiro atoms. The van der Waals surface area contributed by atoms with E-state index in [1.165, 1.54) is 6.26 Å². The fraction of sp³-hybridized carbons (Fsp3) is 0.217. The Labute approximate surface area is 175 Å². The van der Waals surface area contributed by atoms with E-state index in [0.29, 0.717) is 18.0 Å². The second-order valence-corrected chi connectivity index (χ2v) is 6.71. The van der Waals surface area contributed by atoms with E-state index in [4.69, 9.17) is 9.15 Å². The number of furan rings is 1. The molecule has 3 aromatic rings. The number of anilines is 2. The molecule has 1 heterocycles. The molecule has 0 atom stereocenters. The normalized spacial score (nSPS) is 10.3. The van der Waals surface area contributed by atoms with Crippen LogP contribution in [0.5, 0.6) is 5.75 Å². The number of amides is 2. The minimum atomic E-state index is -0.352. The summed E-state index contributed by atoms with van der Waals surface area (Å²) in [5, 5.41) is 5.57. The number of nitrogens with zero attached hydrogens (tertiary/aromatic N) is 1. The van der Waals surface area contributed by atoms with Gasteiger partial charge in [0.15, 0.2) is 12.4 Å². The summed E-state index contributed by atoms with van der Waals surface area (Å²) >= 11 is 0. The van der Waals surface area contributed by atoms with Crippen LogP contribution in [0.4, 0.5) is 11.4 Å². The molecule has 0 bridgehead atoms. The van der Waals surface area contributed by atoms with Crippen LogP contribution in [0.25, 0.3) is 0 Å². The first kappa shape index (κ1) is 21.0. The molecule has 0 fully saturated rings. The first-order chi connectivity index (χ1) is 14.6. The molecule has 0 unspecified atom stereocenters. The molecule has 7 nitrogen and oxygen atoms in total. The molecule has 3 rings (SSSR count). The average molecular weight is 407 g/mol. The minimum Gasteiger partial charge on any atom is -0.484 e. The Kier molecular flexibility index (Phi) is 7.49. The SMILES string of the molecule is CN(CCCNC(=O)COc1cccc(NC(=O)c2ccco2)c1)c1ccccc1. The van der Waals surface area contributed by atoms with Crippen LogP contribution in [0.2, 0.25) is 0 Å². The van der Waals surface area contributed by atoms with E-state index in [0.717, 1.165) is 18.7 Å². The quantitative estimate of drug-likeness (QED) is 0.502. The number of nitrogens with one attached hydrogen (secondary N) is 2. The number of carbonyl (C=O) groups excluding carboxylic acids is 2. The average Bonchev–Trinajstić information content (AvgIpc) is 3.31. The Morgan fingerprint density at radius 3 is 2.63 bits per heavy atom. The van der Waals surface area contributed by atoms with Crippen LogP contribution in [0, 0.1) is 0 Å². The molecule has 2 aromatic carbocycles. The molecule has 0 radical (unpaired) electrons. The van der Waals surface area contributed by atoms with E-state index in [1.807, 2.05) is 25.2 Å². The molecular weight excluding hydrogens is 382 g/mol. The highest BCUT2D eigenvalue weighted by molar-refractivity contribution is 6.02. The fourth-order valence-corrected chi connectivity index (χ4v) is 2.82. The molecule has 30 heavy (non-hydrogen) atoms. The van der Waals surface area contributed by atoms with Crippen LogP contribution in [0.1, 0.15) is 17.0 Å². The van der Waals surface area contributed by atoms with Crippen molar-refractivity contribution in [2.75, 3.05) is 37.0 Å². The van der Waals surface area contributed by atoms with Crippen molar-refractivity contribution < 1.29 is 18.7 Å². The molecule has 156 valence electrons. The van der Waals surface area contributed by atoms with Gasteiger partial charge < -0.3 is 24.7 Å². The molecule has 0 aliphatic heterocycles. The summed E-state index contributed by atoms with van der Waals surface area (Å²) < 4.78 is 10.6. The first-order valence-corrected chi connectivity index (χ1v) is 9.72. The Morgan fingerprint density at radius 2 is 1.87 bits per heavy atom. The van der Waals surface area contributed by atoms with Crippen LogP contribution in [-0.4, -0.2) is 38.6 Å². The molecule has 0 saturated heterocycles. The van der Waals surface area contributed by atoms with Crippen molar-refractivity contribution in [3.63, 3.8) is 0 Å². The molecule has 2 amide bonds. The maximum absolute atomic E-state index is 12.0. The van der Waals surface area contributed by atoms with E-state index >= 15 is 0 Å². The number of benzene rings is 2. The van der Waals surface area contributed by atoms with Gasteiger partial charge in [0.05, 0.1) is 6.26 Å². The monoisotopic (exact) mass is 407 g/mol. The molecule has 7 heteroatoms. The lowest BCUT2D eigenvalue weighted by Crippen LogP contribution is -2.31. The summed E-state index contributed by atoms with van der Waals surface area (Å²) in [6.45, 7) is 1.31. The number of hydrogen-bond donors (Lipinski definition) is 2. The number of para-hydroxylation sites is 1. The second-order valence-electron chi connectivity index (χ2n) is 6.71. The first-order valence-electron chi connectivity index (χ1n) is 9.72. The van der Waals surface area contributed by atoms with Crippen molar-refractivity contribution in [1.29, 1.82) is 0 Å². The van der Waals surface area contributed by atoms with Crippen molar-refractivity contribution in [1.82, 2.24) is 5.32 Å². The molecule has 2 N–H and O–H groups in total. The van der Waals surface area contributed by atoms with E-state index < -0.39 is 0 Å². The van der Waals surface area contributed by atoms with Crippen LogP contribution < -0.4 is 20.3 Å². The molecule has 0 aliphatic rings. The largest absolute Gasteiger partial charge is 0.484 e. The summed E-state index contributed by atoms with van der Waals surface area (Å²) in [6, 6.07) is 20.2. The van der Waals surface area contributed by atoms with Crippen LogP contribution in [-0.2, 0) is 4.79 Å². The zero-order valence-corrected chi connectivity index (χ0v) is 16.8. The van der Waals surface area contributed by atoms with E-state index in [2.05, 4.69) is 27.7 Å². The third-order valence-electron chi connectivity index (χ3n) is 4.40. The predicted molar refractivity (Wildman–Crippen MR) is 116 cm³/mol. The van der Waals surface area contributed by atoms with E-state index in [9.17, 15) is 9.59 Å².